The van der Waals surface area contributed by atoms with Crippen molar-refractivity contribution in [2.45, 2.75) is 64.8 Å². The van der Waals surface area contributed by atoms with Gasteiger partial charge < -0.3 is 36.2 Å². The molecule has 3 heterocycles. The summed E-state index contributed by atoms with van der Waals surface area (Å²) in [7, 11) is 0. The Kier molecular flexibility index (Phi) is 12.3. The summed E-state index contributed by atoms with van der Waals surface area (Å²) < 4.78 is 46.3. The molecule has 304 valence electrons. The van der Waals surface area contributed by atoms with Gasteiger partial charge in [0.05, 0.1) is 22.1 Å². The molecule has 17 heteroatoms. The molecule has 13 nitrogen and oxygen atoms in total. The lowest BCUT2D eigenvalue weighted by Gasteiger charge is -2.36. The quantitative estimate of drug-likeness (QED) is 0.126. The van der Waals surface area contributed by atoms with E-state index < -0.39 is 66.2 Å². The van der Waals surface area contributed by atoms with Crippen molar-refractivity contribution in [3.8, 4) is 44.3 Å². The van der Waals surface area contributed by atoms with Gasteiger partial charge in [-0.25, -0.2) is 18.2 Å². The second kappa shape index (κ2) is 17.2. The number of thiazole rings is 1. The first-order valence-corrected chi connectivity index (χ1v) is 19.1. The van der Waals surface area contributed by atoms with Gasteiger partial charge in [0.25, 0.3) is 12.3 Å². The molecule has 1 aliphatic rings. The van der Waals surface area contributed by atoms with E-state index in [1.54, 1.807) is 82.3 Å². The van der Waals surface area contributed by atoms with Crippen molar-refractivity contribution in [3.05, 3.63) is 95.4 Å². The number of hydrogen-bond acceptors (Lipinski definition) is 11. The van der Waals surface area contributed by atoms with E-state index in [1.807, 2.05) is 0 Å². The Bertz CT molecular complexity index is 2290. The predicted octanol–water partition coefficient (Wildman–Crippen LogP) is 5.42. The fourth-order valence-corrected chi connectivity index (χ4v) is 7.41. The minimum absolute atomic E-state index is 0.0911. The standard InChI is InChI=1S/C41H41F3N7O6S/c1-21(22-5-7-24(8-6-22)35-34(37(43)44)46-20-58-35)47-39(55)31-16-26(52)18-51(31)40(56)36(41(2,3)4)48-33(54)19-57-27-12-9-23(10-13-27)28-17-30(49-50-38(28)45)29-15-25(42)11-14-32(29)53/h5-15,17,20-21,26,31,36-37,53H,16,18-19H2,1-4H3,(H2,45,50)(H,47,55)(H,48,54)/q-1/t21-,26+,31-,36+/m0/s1. The molecule has 0 spiro atoms. The summed E-state index contributed by atoms with van der Waals surface area (Å²) in [6.07, 6.45) is -4.06. The number of phenols is 1. The van der Waals surface area contributed by atoms with Crippen molar-refractivity contribution >= 4 is 34.9 Å². The lowest BCUT2D eigenvalue weighted by Crippen LogP contribution is -2.58. The second-order valence-electron chi connectivity index (χ2n) is 15.0. The van der Waals surface area contributed by atoms with Gasteiger partial charge in [0.15, 0.2) is 12.4 Å². The van der Waals surface area contributed by atoms with Crippen LogP contribution in [-0.4, -0.2) is 74.2 Å². The number of aromatic hydroxyl groups is 1. The van der Waals surface area contributed by atoms with Crippen molar-refractivity contribution in [1.29, 1.82) is 0 Å². The lowest BCUT2D eigenvalue weighted by atomic mass is 9.85. The molecule has 6 rings (SSSR count). The van der Waals surface area contributed by atoms with Crippen LogP contribution >= 0.6 is 11.3 Å². The Hall–Kier alpha value is -6.07. The minimum atomic E-state index is -2.71. The predicted molar refractivity (Wildman–Crippen MR) is 209 cm³/mol. The molecule has 2 aromatic heterocycles. The summed E-state index contributed by atoms with van der Waals surface area (Å²) in [5, 5.41) is 36.5. The number of anilines is 1. The van der Waals surface area contributed by atoms with Crippen LogP contribution in [-0.2, 0) is 14.4 Å². The first kappa shape index (κ1) is 41.6. The summed E-state index contributed by atoms with van der Waals surface area (Å²) in [6.45, 7) is 6.29. The van der Waals surface area contributed by atoms with E-state index in [0.717, 1.165) is 23.5 Å². The summed E-state index contributed by atoms with van der Waals surface area (Å²) in [6, 6.07) is 15.5. The number of alkyl halides is 2. The number of rotatable bonds is 12. The van der Waals surface area contributed by atoms with Crippen LogP contribution in [0, 0.1) is 11.2 Å². The molecule has 5 aromatic rings. The molecule has 5 N–H and O–H groups in total. The highest BCUT2D eigenvalue weighted by Gasteiger charge is 2.43. The van der Waals surface area contributed by atoms with Gasteiger partial charge in [-0.2, -0.15) is 0 Å². The van der Waals surface area contributed by atoms with Gasteiger partial charge in [0.2, 0.25) is 11.8 Å². The van der Waals surface area contributed by atoms with E-state index in [-0.39, 0.29) is 41.5 Å². The number of nitrogens with two attached hydrogens (primary N) is 1. The number of nitrogen functional groups attached to an aromatic ring is 1. The number of benzene rings is 3. The Morgan fingerprint density at radius 2 is 1.69 bits per heavy atom. The molecule has 4 atom stereocenters. The fraction of sp³-hybridized carbons (Fsp3) is 0.317. The Morgan fingerprint density at radius 3 is 2.36 bits per heavy atom. The number of amides is 3. The van der Waals surface area contributed by atoms with E-state index >= 15 is 0 Å². The largest absolute Gasteiger partial charge is 0.851 e. The first-order chi connectivity index (χ1) is 27.5. The monoisotopic (exact) mass is 816 g/mol. The molecular weight excluding hydrogens is 776 g/mol. The van der Waals surface area contributed by atoms with Crippen LogP contribution in [0.4, 0.5) is 19.0 Å². The molecule has 0 unspecified atom stereocenters. The Morgan fingerprint density at radius 1 is 1.00 bits per heavy atom. The number of hydrogen-bond donors (Lipinski definition) is 4. The Labute approximate surface area is 336 Å². The molecule has 0 saturated carbocycles. The van der Waals surface area contributed by atoms with E-state index in [2.05, 4.69) is 25.8 Å². The van der Waals surface area contributed by atoms with Crippen LogP contribution < -0.4 is 26.2 Å². The zero-order chi connectivity index (χ0) is 41.9. The molecule has 58 heavy (non-hydrogen) atoms. The number of ether oxygens (including phenoxy) is 1. The third-order valence-corrected chi connectivity index (χ3v) is 10.6. The maximum absolute atomic E-state index is 14.0. The number of nitrogens with one attached hydrogen (secondary N) is 2. The summed E-state index contributed by atoms with van der Waals surface area (Å²) in [5.41, 5.74) is 8.96. The second-order valence-corrected chi connectivity index (χ2v) is 15.8. The summed E-state index contributed by atoms with van der Waals surface area (Å²) in [5.74, 6) is -2.08. The van der Waals surface area contributed by atoms with Crippen molar-refractivity contribution in [2.24, 2.45) is 5.41 Å². The van der Waals surface area contributed by atoms with Gasteiger partial charge in [-0.1, -0.05) is 57.2 Å². The normalized spacial score (nSPS) is 16.5. The fourth-order valence-electron chi connectivity index (χ4n) is 6.61. The topological polar surface area (TPSA) is 196 Å². The average molecular weight is 817 g/mol. The van der Waals surface area contributed by atoms with Gasteiger partial charge in [0.1, 0.15) is 35.1 Å². The van der Waals surface area contributed by atoms with Crippen molar-refractivity contribution in [3.63, 3.8) is 0 Å². The molecule has 1 aliphatic heterocycles. The molecule has 3 aromatic carbocycles. The molecule has 1 saturated heterocycles. The van der Waals surface area contributed by atoms with Crippen molar-refractivity contribution in [2.75, 3.05) is 18.9 Å². The molecule has 0 aliphatic carbocycles. The average Bonchev–Trinajstić information content (AvgIpc) is 3.85. The SMILES string of the molecule is C[C@H](NC(=O)[C@@H]1C[C@@H]([O-])CN1C(=O)[C@@H](NC(=O)COc1ccc(-c2cc(-c3cc(F)ccc3O)nnc2N)cc1)C(C)(C)C)c1ccc(-c2scnc2C(F)F)cc1. The molecule has 1 fully saturated rings. The van der Waals surface area contributed by atoms with Gasteiger partial charge in [-0.05, 0) is 71.8 Å². The molecule has 0 radical (unpaired) electrons. The summed E-state index contributed by atoms with van der Waals surface area (Å²) >= 11 is 1.10. The zero-order valence-electron chi connectivity index (χ0n) is 31.9. The molecule has 0 bridgehead atoms. The summed E-state index contributed by atoms with van der Waals surface area (Å²) in [4.78, 5) is 46.2. The molecule has 3 amide bonds. The maximum Gasteiger partial charge on any atom is 0.281 e. The van der Waals surface area contributed by atoms with Crippen LogP contribution in [0.5, 0.6) is 11.5 Å². The number of carbonyl (C=O) groups excluding carboxylic acids is 3. The number of aromatic nitrogens is 3. The lowest BCUT2D eigenvalue weighted by molar-refractivity contribution is -0.414. The van der Waals surface area contributed by atoms with Crippen LogP contribution in [0.2, 0.25) is 0 Å². The minimum Gasteiger partial charge on any atom is -0.851 e. The number of likely N-dealkylation sites (tertiary alicyclic amines) is 1. The van der Waals surface area contributed by atoms with E-state index in [0.29, 0.717) is 32.9 Å². The highest BCUT2D eigenvalue weighted by molar-refractivity contribution is 7.13. The van der Waals surface area contributed by atoms with Gasteiger partial charge >= 0.3 is 0 Å². The third-order valence-electron chi connectivity index (χ3n) is 9.69. The Balaban J connectivity index is 1.08. The van der Waals surface area contributed by atoms with Gasteiger partial charge in [0, 0.05) is 17.7 Å². The number of carbonyl (C=O) groups is 3. The number of halogens is 3. The van der Waals surface area contributed by atoms with Crippen LogP contribution in [0.1, 0.15) is 57.8 Å². The third kappa shape index (κ3) is 9.37. The van der Waals surface area contributed by atoms with E-state index in [1.165, 1.54) is 16.5 Å². The van der Waals surface area contributed by atoms with Crippen LogP contribution in [0.15, 0.2) is 78.3 Å². The first-order valence-electron chi connectivity index (χ1n) is 18.2. The highest BCUT2D eigenvalue weighted by atomic mass is 32.1. The number of nitrogens with zero attached hydrogens (tertiary/aromatic N) is 4. The van der Waals surface area contributed by atoms with E-state index in [9.17, 15) is 37.8 Å². The van der Waals surface area contributed by atoms with Gasteiger partial charge in [-0.3, -0.25) is 14.4 Å². The van der Waals surface area contributed by atoms with Crippen LogP contribution in [0.25, 0.3) is 32.8 Å². The zero-order valence-corrected chi connectivity index (χ0v) is 32.7. The van der Waals surface area contributed by atoms with E-state index in [4.69, 9.17) is 10.5 Å². The molecular formula is C41H41F3N7O6S-. The maximum atomic E-state index is 14.0. The highest BCUT2D eigenvalue weighted by Crippen LogP contribution is 2.35. The smallest absolute Gasteiger partial charge is 0.281 e. The van der Waals surface area contributed by atoms with Crippen LogP contribution in [0.3, 0.4) is 0 Å². The number of phenolic OH excluding ortho intramolecular Hbond substituents is 1. The van der Waals surface area contributed by atoms with Gasteiger partial charge in [-0.15, -0.1) is 27.6 Å². The van der Waals surface area contributed by atoms with Crippen molar-refractivity contribution in [1.82, 2.24) is 30.7 Å². The van der Waals surface area contributed by atoms with Crippen molar-refractivity contribution < 1.29 is 42.5 Å².